The van der Waals surface area contributed by atoms with Crippen LogP contribution >= 0.6 is 47.8 Å². The molecule has 3 nitrogen and oxygen atoms in total. The van der Waals surface area contributed by atoms with Gasteiger partial charge in [0.1, 0.15) is 6.33 Å². The van der Waals surface area contributed by atoms with Gasteiger partial charge in [0.05, 0.1) is 0 Å². The molecular formula is C3H2Br3N3. The molecule has 6 heteroatoms. The number of hydrogen-bond donors (Lipinski definition) is 1. The Bertz CT molecular complexity index is 177. The fraction of sp³-hybridized carbons (Fsp3) is 0.333. The molecule has 0 unspecified atom stereocenters. The van der Waals surface area contributed by atoms with E-state index in [-0.39, 0.29) is 0 Å². The summed E-state index contributed by atoms with van der Waals surface area (Å²) in [6.07, 6.45) is 1.44. The molecule has 0 fully saturated rings. The van der Waals surface area contributed by atoms with Gasteiger partial charge in [0, 0.05) is 0 Å². The largest absolute Gasteiger partial charge is 0.261 e. The predicted octanol–water partition coefficient (Wildman–Crippen LogP) is 2.10. The van der Waals surface area contributed by atoms with E-state index in [1.165, 1.54) is 6.33 Å². The number of rotatable bonds is 0. The number of hydrogen-bond acceptors (Lipinski definition) is 2. The first-order valence-electron chi connectivity index (χ1n) is 2.03. The van der Waals surface area contributed by atoms with E-state index in [0.29, 0.717) is 5.82 Å². The highest BCUT2D eigenvalue weighted by Gasteiger charge is 2.23. The van der Waals surface area contributed by atoms with Gasteiger partial charge in [-0.3, -0.25) is 5.10 Å². The van der Waals surface area contributed by atoms with Gasteiger partial charge in [-0.15, -0.1) is 0 Å². The summed E-state index contributed by atoms with van der Waals surface area (Å²) in [4.78, 5) is 3.88. The normalized spacial score (nSPS) is 11.9. The third kappa shape index (κ3) is 2.01. The fourth-order valence-electron chi connectivity index (χ4n) is 0.342. The molecular weight excluding hydrogens is 318 g/mol. The lowest BCUT2D eigenvalue weighted by Gasteiger charge is -2.04. The molecule has 1 aromatic rings. The lowest BCUT2D eigenvalue weighted by molar-refractivity contribution is 1.01. The van der Waals surface area contributed by atoms with Crippen molar-refractivity contribution in [1.29, 1.82) is 0 Å². The number of H-pyrrole nitrogens is 1. The zero-order valence-corrected chi connectivity index (χ0v) is 8.86. The van der Waals surface area contributed by atoms with Gasteiger partial charge in [0.15, 0.2) is 7.97 Å². The van der Waals surface area contributed by atoms with Gasteiger partial charge in [-0.1, -0.05) is 47.8 Å². The maximum Gasteiger partial charge on any atom is 0.193 e. The van der Waals surface area contributed by atoms with Crippen LogP contribution in [0.4, 0.5) is 0 Å². The van der Waals surface area contributed by atoms with Crippen LogP contribution in [0.25, 0.3) is 0 Å². The molecule has 1 heterocycles. The molecule has 0 radical (unpaired) electrons. The van der Waals surface area contributed by atoms with E-state index in [9.17, 15) is 0 Å². The van der Waals surface area contributed by atoms with E-state index in [0.717, 1.165) is 0 Å². The summed E-state index contributed by atoms with van der Waals surface area (Å²) in [6.45, 7) is 0. The summed E-state index contributed by atoms with van der Waals surface area (Å²) >= 11 is 9.80. The standard InChI is InChI=1S/C3H2Br3N3/c4-3(5,6)2-7-1-8-9-2/h1H,(H,7,8,9). The SMILES string of the molecule is BrC(Br)(Br)c1ncn[nH]1. The zero-order chi connectivity index (χ0) is 6.91. The van der Waals surface area contributed by atoms with Gasteiger partial charge in [-0.2, -0.15) is 5.10 Å². The average molecular weight is 320 g/mol. The monoisotopic (exact) mass is 317 g/mol. The van der Waals surface area contributed by atoms with Gasteiger partial charge in [0.2, 0.25) is 0 Å². The first kappa shape index (κ1) is 7.68. The number of halogens is 3. The fourth-order valence-corrected chi connectivity index (χ4v) is 0.915. The molecule has 50 valence electrons. The van der Waals surface area contributed by atoms with Crippen LogP contribution in [-0.4, -0.2) is 15.2 Å². The van der Waals surface area contributed by atoms with Crippen LogP contribution in [0.5, 0.6) is 0 Å². The Labute approximate surface area is 77.0 Å². The minimum atomic E-state index is -0.469. The van der Waals surface area contributed by atoms with Crippen LogP contribution in [0.3, 0.4) is 0 Å². The molecule has 0 aliphatic carbocycles. The Kier molecular flexibility index (Phi) is 2.28. The third-order valence-corrected chi connectivity index (χ3v) is 1.81. The first-order valence-corrected chi connectivity index (χ1v) is 4.41. The summed E-state index contributed by atoms with van der Waals surface area (Å²) < 4.78 is -0.469. The molecule has 0 amide bonds. The van der Waals surface area contributed by atoms with E-state index in [2.05, 4.69) is 63.0 Å². The quantitative estimate of drug-likeness (QED) is 0.744. The van der Waals surface area contributed by atoms with Crippen LogP contribution in [0, 0.1) is 0 Å². The Balaban J connectivity index is 2.90. The second kappa shape index (κ2) is 2.67. The molecule has 9 heavy (non-hydrogen) atoms. The molecule has 0 saturated heterocycles. The summed E-state index contributed by atoms with van der Waals surface area (Å²) in [5.74, 6) is 0.683. The van der Waals surface area contributed by atoms with Crippen molar-refractivity contribution in [2.45, 2.75) is 2.14 Å². The second-order valence-corrected chi connectivity index (χ2v) is 8.09. The zero-order valence-electron chi connectivity index (χ0n) is 4.11. The third-order valence-electron chi connectivity index (χ3n) is 0.684. The lowest BCUT2D eigenvalue weighted by atomic mass is 10.7. The molecule has 1 N–H and O–H groups in total. The lowest BCUT2D eigenvalue weighted by Crippen LogP contribution is -1.99. The molecule has 0 spiro atoms. The van der Waals surface area contributed by atoms with Crippen molar-refractivity contribution in [2.24, 2.45) is 0 Å². The van der Waals surface area contributed by atoms with Crippen molar-refractivity contribution in [3.8, 4) is 0 Å². The van der Waals surface area contributed by atoms with Gasteiger partial charge < -0.3 is 0 Å². The number of aromatic nitrogens is 3. The van der Waals surface area contributed by atoms with Gasteiger partial charge in [-0.25, -0.2) is 4.98 Å². The van der Waals surface area contributed by atoms with E-state index in [1.54, 1.807) is 0 Å². The van der Waals surface area contributed by atoms with Crippen LogP contribution in [0.2, 0.25) is 0 Å². The number of nitrogens with one attached hydrogen (secondary N) is 1. The molecule has 0 atom stereocenters. The van der Waals surface area contributed by atoms with Crippen molar-refractivity contribution in [1.82, 2.24) is 15.2 Å². The molecule has 0 bridgehead atoms. The molecule has 1 aromatic heterocycles. The topological polar surface area (TPSA) is 41.6 Å². The van der Waals surface area contributed by atoms with E-state index in [1.807, 2.05) is 0 Å². The predicted molar refractivity (Wildman–Crippen MR) is 44.8 cm³/mol. The van der Waals surface area contributed by atoms with Crippen molar-refractivity contribution < 1.29 is 0 Å². The average Bonchev–Trinajstić information content (AvgIpc) is 2.08. The summed E-state index contributed by atoms with van der Waals surface area (Å²) in [7, 11) is 0. The molecule has 0 aliphatic rings. The number of alkyl halides is 3. The Morgan fingerprint density at radius 1 is 1.44 bits per heavy atom. The van der Waals surface area contributed by atoms with Gasteiger partial charge >= 0.3 is 0 Å². The number of nitrogens with zero attached hydrogens (tertiary/aromatic N) is 2. The van der Waals surface area contributed by atoms with Crippen molar-refractivity contribution >= 4 is 47.8 Å². The highest BCUT2D eigenvalue weighted by Crippen LogP contribution is 2.41. The molecule has 1 rings (SSSR count). The summed E-state index contributed by atoms with van der Waals surface area (Å²) in [6, 6.07) is 0. The van der Waals surface area contributed by atoms with Crippen molar-refractivity contribution in [3.63, 3.8) is 0 Å². The Morgan fingerprint density at radius 2 is 2.11 bits per heavy atom. The van der Waals surface area contributed by atoms with Crippen LogP contribution in [-0.2, 0) is 2.14 Å². The van der Waals surface area contributed by atoms with Crippen LogP contribution in [0.1, 0.15) is 5.82 Å². The van der Waals surface area contributed by atoms with Gasteiger partial charge in [-0.05, 0) is 0 Å². The first-order chi connectivity index (χ1) is 4.11. The second-order valence-electron chi connectivity index (χ2n) is 1.33. The van der Waals surface area contributed by atoms with Gasteiger partial charge in [0.25, 0.3) is 0 Å². The summed E-state index contributed by atoms with van der Waals surface area (Å²) in [5.41, 5.74) is 0. The maximum absolute atomic E-state index is 3.88. The van der Waals surface area contributed by atoms with E-state index >= 15 is 0 Å². The molecule has 0 aliphatic heterocycles. The summed E-state index contributed by atoms with van der Waals surface area (Å²) in [5, 5.41) is 6.34. The smallest absolute Gasteiger partial charge is 0.193 e. The minimum absolute atomic E-state index is 0.469. The number of aromatic amines is 1. The highest BCUT2D eigenvalue weighted by atomic mass is 80.0. The highest BCUT2D eigenvalue weighted by molar-refractivity contribution is 9.38. The Hall–Kier alpha value is 0.580. The Morgan fingerprint density at radius 3 is 2.33 bits per heavy atom. The van der Waals surface area contributed by atoms with E-state index < -0.39 is 2.14 Å². The van der Waals surface area contributed by atoms with E-state index in [4.69, 9.17) is 0 Å². The molecule has 0 aromatic carbocycles. The van der Waals surface area contributed by atoms with Crippen LogP contribution in [0.15, 0.2) is 6.33 Å². The van der Waals surface area contributed by atoms with Crippen molar-refractivity contribution in [2.75, 3.05) is 0 Å². The van der Waals surface area contributed by atoms with Crippen LogP contribution < -0.4 is 0 Å². The molecule has 0 saturated carbocycles. The maximum atomic E-state index is 3.88. The minimum Gasteiger partial charge on any atom is -0.261 e. The van der Waals surface area contributed by atoms with Crippen molar-refractivity contribution in [3.05, 3.63) is 12.2 Å².